The molecule has 0 atom stereocenters. The van der Waals surface area contributed by atoms with Gasteiger partial charge in [-0.1, -0.05) is 0 Å². The molecule has 4 heteroatoms. The molecule has 1 rings (SSSR count). The average Bonchev–Trinajstić information content (AvgIpc) is 2.19. The van der Waals surface area contributed by atoms with Gasteiger partial charge < -0.3 is 10.4 Å². The molecule has 14 heavy (non-hydrogen) atoms. The Hall–Kier alpha value is -1.58. The van der Waals surface area contributed by atoms with Crippen molar-refractivity contribution in [1.29, 1.82) is 0 Å². The molecule has 0 radical (unpaired) electrons. The van der Waals surface area contributed by atoms with Crippen molar-refractivity contribution in [3.8, 4) is 0 Å². The molecule has 0 bridgehead atoms. The smallest absolute Gasteiger partial charge is 0.253 e. The number of hydrazone groups is 1. The molecule has 0 aromatic carbocycles. The van der Waals surface area contributed by atoms with Crippen molar-refractivity contribution >= 4 is 6.21 Å². The maximum atomic E-state index is 11.7. The van der Waals surface area contributed by atoms with Gasteiger partial charge in [0.05, 0.1) is 6.21 Å². The van der Waals surface area contributed by atoms with Crippen LogP contribution in [0.25, 0.3) is 0 Å². The Morgan fingerprint density at radius 2 is 1.86 bits per heavy atom. The predicted octanol–water partition coefficient (Wildman–Crippen LogP) is 0.603. The molecule has 1 aromatic heterocycles. The van der Waals surface area contributed by atoms with Crippen LogP contribution in [0.4, 0.5) is 0 Å². The molecule has 2 N–H and O–H groups in total. The van der Waals surface area contributed by atoms with Crippen molar-refractivity contribution in [2.75, 3.05) is 0 Å². The Morgan fingerprint density at radius 1 is 1.29 bits per heavy atom. The van der Waals surface area contributed by atoms with Gasteiger partial charge in [0, 0.05) is 23.9 Å². The highest BCUT2D eigenvalue weighted by Gasteiger charge is 2.09. The van der Waals surface area contributed by atoms with Crippen LogP contribution in [0.15, 0.2) is 9.90 Å². The number of rotatable bonds is 1. The number of nitrogens with two attached hydrogens (primary N) is 1. The largest absolute Gasteiger partial charge is 0.323 e. The number of hydrogen-bond donors (Lipinski definition) is 1. The maximum absolute atomic E-state index is 11.7. The summed E-state index contributed by atoms with van der Waals surface area (Å²) in [6, 6.07) is 0. The van der Waals surface area contributed by atoms with Gasteiger partial charge in [-0.3, -0.25) is 4.79 Å². The van der Waals surface area contributed by atoms with Gasteiger partial charge in [-0.15, -0.1) is 0 Å². The summed E-state index contributed by atoms with van der Waals surface area (Å²) < 4.78 is 1.61. The fraction of sp³-hybridized carbons (Fsp3) is 0.400. The molecule has 0 saturated heterocycles. The second kappa shape index (κ2) is 3.65. The van der Waals surface area contributed by atoms with Gasteiger partial charge >= 0.3 is 0 Å². The van der Waals surface area contributed by atoms with Gasteiger partial charge in [-0.05, 0) is 26.3 Å². The maximum Gasteiger partial charge on any atom is 0.253 e. The zero-order valence-corrected chi connectivity index (χ0v) is 8.96. The molecule has 0 saturated carbocycles. The van der Waals surface area contributed by atoms with Crippen molar-refractivity contribution in [2.45, 2.75) is 20.8 Å². The van der Waals surface area contributed by atoms with E-state index in [4.69, 9.17) is 5.84 Å². The van der Waals surface area contributed by atoms with Crippen LogP contribution >= 0.6 is 0 Å². The lowest BCUT2D eigenvalue weighted by Crippen LogP contribution is -2.24. The Labute approximate surface area is 83.1 Å². The first-order valence-corrected chi connectivity index (χ1v) is 4.40. The Balaban J connectivity index is 3.68. The van der Waals surface area contributed by atoms with Crippen LogP contribution < -0.4 is 11.4 Å². The summed E-state index contributed by atoms with van der Waals surface area (Å²) in [5.74, 6) is 5.12. The van der Waals surface area contributed by atoms with Crippen LogP contribution in [0.5, 0.6) is 0 Å². The lowest BCUT2D eigenvalue weighted by molar-refractivity contribution is 0.801. The third-order valence-electron chi connectivity index (χ3n) is 2.69. The normalized spacial score (nSPS) is 11.1. The second-order valence-corrected chi connectivity index (χ2v) is 3.39. The molecular formula is C10H15N3O. The fourth-order valence-corrected chi connectivity index (χ4v) is 1.48. The monoisotopic (exact) mass is 193 g/mol. The standard InChI is InChI=1S/C10H15N3O/c1-6-7(2)10(14)13(4)8(3)9(6)5-12-11/h5H,11H2,1-4H3/b12-5-. The minimum absolute atomic E-state index is 0.0363. The third-order valence-corrected chi connectivity index (χ3v) is 2.69. The molecule has 1 aromatic rings. The zero-order chi connectivity index (χ0) is 10.9. The minimum atomic E-state index is 0.0363. The molecule has 0 unspecified atom stereocenters. The molecule has 0 aliphatic rings. The second-order valence-electron chi connectivity index (χ2n) is 3.39. The quantitative estimate of drug-likeness (QED) is 0.403. The lowest BCUT2D eigenvalue weighted by atomic mass is 10.0. The minimum Gasteiger partial charge on any atom is -0.323 e. The van der Waals surface area contributed by atoms with E-state index in [0.29, 0.717) is 0 Å². The highest BCUT2D eigenvalue weighted by molar-refractivity contribution is 5.83. The van der Waals surface area contributed by atoms with Crippen LogP contribution in [-0.4, -0.2) is 10.8 Å². The zero-order valence-electron chi connectivity index (χ0n) is 8.96. The summed E-state index contributed by atoms with van der Waals surface area (Å²) in [6.07, 6.45) is 1.58. The van der Waals surface area contributed by atoms with Crippen LogP contribution in [0.3, 0.4) is 0 Å². The predicted molar refractivity (Wildman–Crippen MR) is 57.7 cm³/mol. The van der Waals surface area contributed by atoms with Crippen molar-refractivity contribution in [3.63, 3.8) is 0 Å². The molecule has 0 amide bonds. The van der Waals surface area contributed by atoms with Crippen molar-refractivity contribution in [3.05, 3.63) is 32.7 Å². The summed E-state index contributed by atoms with van der Waals surface area (Å²) >= 11 is 0. The van der Waals surface area contributed by atoms with Crippen LogP contribution in [0.1, 0.15) is 22.4 Å². The molecule has 0 aliphatic heterocycles. The van der Waals surface area contributed by atoms with Gasteiger partial charge in [0.25, 0.3) is 5.56 Å². The summed E-state index contributed by atoms with van der Waals surface area (Å²) in [5.41, 5.74) is 3.53. The first-order valence-electron chi connectivity index (χ1n) is 4.40. The van der Waals surface area contributed by atoms with Crippen molar-refractivity contribution < 1.29 is 0 Å². The van der Waals surface area contributed by atoms with Gasteiger partial charge in [0.15, 0.2) is 0 Å². The third kappa shape index (κ3) is 1.43. The molecule has 0 fully saturated rings. The van der Waals surface area contributed by atoms with Gasteiger partial charge in [0.2, 0.25) is 0 Å². The van der Waals surface area contributed by atoms with E-state index < -0.39 is 0 Å². The Bertz CT molecular complexity index is 411. The summed E-state index contributed by atoms with van der Waals surface area (Å²) in [7, 11) is 1.75. The SMILES string of the molecule is Cc1c(/C=N\N)c(C)n(C)c(=O)c1C. The van der Waals surface area contributed by atoms with E-state index in [-0.39, 0.29) is 5.56 Å². The van der Waals surface area contributed by atoms with E-state index in [0.717, 1.165) is 22.4 Å². The number of nitrogens with zero attached hydrogens (tertiary/aromatic N) is 2. The molecule has 4 nitrogen and oxygen atoms in total. The number of aromatic nitrogens is 1. The summed E-state index contributed by atoms with van der Waals surface area (Å²) in [6.45, 7) is 5.59. The summed E-state index contributed by atoms with van der Waals surface area (Å²) in [4.78, 5) is 11.7. The molecular weight excluding hydrogens is 178 g/mol. The van der Waals surface area contributed by atoms with Crippen molar-refractivity contribution in [2.24, 2.45) is 18.0 Å². The Morgan fingerprint density at radius 3 is 2.36 bits per heavy atom. The van der Waals surface area contributed by atoms with Gasteiger partial charge in [0.1, 0.15) is 0 Å². The van der Waals surface area contributed by atoms with Crippen molar-refractivity contribution in [1.82, 2.24) is 4.57 Å². The van der Waals surface area contributed by atoms with E-state index in [9.17, 15) is 4.79 Å². The van der Waals surface area contributed by atoms with E-state index in [1.54, 1.807) is 17.8 Å². The van der Waals surface area contributed by atoms with E-state index in [1.165, 1.54) is 0 Å². The fourth-order valence-electron chi connectivity index (χ4n) is 1.48. The van der Waals surface area contributed by atoms with Crippen LogP contribution in [0, 0.1) is 20.8 Å². The molecule has 0 spiro atoms. The topological polar surface area (TPSA) is 60.4 Å². The first kappa shape index (κ1) is 10.5. The van der Waals surface area contributed by atoms with Gasteiger partial charge in [-0.2, -0.15) is 5.10 Å². The first-order chi connectivity index (χ1) is 6.50. The van der Waals surface area contributed by atoms with Crippen LogP contribution in [-0.2, 0) is 7.05 Å². The number of hydrogen-bond acceptors (Lipinski definition) is 3. The van der Waals surface area contributed by atoms with E-state index in [2.05, 4.69) is 5.10 Å². The average molecular weight is 193 g/mol. The molecule has 0 aliphatic carbocycles. The summed E-state index contributed by atoms with van der Waals surface area (Å²) in [5, 5.41) is 3.50. The van der Waals surface area contributed by atoms with E-state index in [1.807, 2.05) is 20.8 Å². The van der Waals surface area contributed by atoms with Gasteiger partial charge in [-0.25, -0.2) is 0 Å². The van der Waals surface area contributed by atoms with E-state index >= 15 is 0 Å². The molecule has 76 valence electrons. The lowest BCUT2D eigenvalue weighted by Gasteiger charge is -2.12. The highest BCUT2D eigenvalue weighted by atomic mass is 16.1. The van der Waals surface area contributed by atoms with Crippen LogP contribution in [0.2, 0.25) is 0 Å². The molecule has 1 heterocycles. The highest BCUT2D eigenvalue weighted by Crippen LogP contribution is 2.11. The Kier molecular flexibility index (Phi) is 2.74. The number of pyridine rings is 1.